The first-order chi connectivity index (χ1) is 6.67. The Hall–Kier alpha value is -1.03. The molecule has 0 aliphatic rings. The molecule has 78 valence electrons. The zero-order valence-corrected chi connectivity index (χ0v) is 9.25. The normalized spacial score (nSPS) is 10.2. The number of halogens is 1. The average molecular weight is 215 g/mol. The summed E-state index contributed by atoms with van der Waals surface area (Å²) < 4.78 is 0. The molecular weight excluding hydrogens is 200 g/mol. The third-order valence-electron chi connectivity index (χ3n) is 1.90. The lowest BCUT2D eigenvalue weighted by Gasteiger charge is -2.21. The van der Waals surface area contributed by atoms with Crippen LogP contribution in [0.4, 0.5) is 11.8 Å². The van der Waals surface area contributed by atoms with Gasteiger partial charge in [0.05, 0.1) is 0 Å². The minimum absolute atomic E-state index is 0.224. The Morgan fingerprint density at radius 3 is 2.64 bits per heavy atom. The van der Waals surface area contributed by atoms with Crippen LogP contribution in [0.2, 0.25) is 5.15 Å². The van der Waals surface area contributed by atoms with E-state index in [2.05, 4.69) is 28.7 Å². The molecule has 0 atom stereocenters. The molecule has 0 aromatic carbocycles. The number of anilines is 2. The van der Waals surface area contributed by atoms with Gasteiger partial charge in [0.2, 0.25) is 5.95 Å². The lowest BCUT2D eigenvalue weighted by Crippen LogP contribution is -2.24. The molecule has 0 aliphatic heterocycles. The van der Waals surface area contributed by atoms with Gasteiger partial charge in [-0.15, -0.1) is 0 Å². The van der Waals surface area contributed by atoms with E-state index in [-0.39, 0.29) is 5.95 Å². The summed E-state index contributed by atoms with van der Waals surface area (Å²) in [6.07, 6.45) is 1.06. The van der Waals surface area contributed by atoms with Crippen molar-refractivity contribution < 1.29 is 0 Å². The maximum absolute atomic E-state index is 5.79. The smallest absolute Gasteiger partial charge is 0.223 e. The van der Waals surface area contributed by atoms with E-state index in [1.54, 1.807) is 6.07 Å². The Kier molecular flexibility index (Phi) is 3.95. The molecule has 0 fully saturated rings. The van der Waals surface area contributed by atoms with Crippen molar-refractivity contribution in [1.82, 2.24) is 9.97 Å². The summed E-state index contributed by atoms with van der Waals surface area (Å²) >= 11 is 5.79. The molecule has 0 amide bonds. The van der Waals surface area contributed by atoms with Gasteiger partial charge in [-0.25, -0.2) is 4.98 Å². The number of nitrogen functional groups attached to an aromatic ring is 1. The largest absolute Gasteiger partial charge is 0.368 e. The van der Waals surface area contributed by atoms with Crippen molar-refractivity contribution in [2.24, 2.45) is 0 Å². The van der Waals surface area contributed by atoms with Gasteiger partial charge in [-0.2, -0.15) is 4.98 Å². The minimum atomic E-state index is 0.224. The van der Waals surface area contributed by atoms with Crippen molar-refractivity contribution in [2.45, 2.75) is 20.3 Å². The highest BCUT2D eigenvalue weighted by Crippen LogP contribution is 2.16. The standard InChI is InChI=1S/C9H15ClN4/c1-3-5-14(4-2)8-6-7(10)12-9(11)13-8/h6H,3-5H2,1-2H3,(H2,11,12,13). The van der Waals surface area contributed by atoms with Crippen LogP contribution in [0.3, 0.4) is 0 Å². The molecular formula is C9H15ClN4. The summed E-state index contributed by atoms with van der Waals surface area (Å²) in [4.78, 5) is 10.1. The molecule has 4 nitrogen and oxygen atoms in total. The highest BCUT2D eigenvalue weighted by molar-refractivity contribution is 6.29. The van der Waals surface area contributed by atoms with Crippen LogP contribution in [0.25, 0.3) is 0 Å². The number of rotatable bonds is 4. The number of nitrogens with zero attached hydrogens (tertiary/aromatic N) is 3. The van der Waals surface area contributed by atoms with Gasteiger partial charge in [0.15, 0.2) is 0 Å². The predicted octanol–water partition coefficient (Wildman–Crippen LogP) is 1.95. The second kappa shape index (κ2) is 5.00. The predicted molar refractivity (Wildman–Crippen MR) is 59.6 cm³/mol. The van der Waals surface area contributed by atoms with Gasteiger partial charge < -0.3 is 10.6 Å². The van der Waals surface area contributed by atoms with E-state index < -0.39 is 0 Å². The Balaban J connectivity index is 2.91. The molecule has 5 heteroatoms. The van der Waals surface area contributed by atoms with E-state index in [9.17, 15) is 0 Å². The topological polar surface area (TPSA) is 55.0 Å². The quantitative estimate of drug-likeness (QED) is 0.779. The van der Waals surface area contributed by atoms with Crippen LogP contribution >= 0.6 is 11.6 Å². The summed E-state index contributed by atoms with van der Waals surface area (Å²) in [7, 11) is 0. The van der Waals surface area contributed by atoms with Crippen molar-refractivity contribution >= 4 is 23.4 Å². The van der Waals surface area contributed by atoms with E-state index in [4.69, 9.17) is 17.3 Å². The number of hydrogen-bond acceptors (Lipinski definition) is 4. The molecule has 0 saturated heterocycles. The maximum Gasteiger partial charge on any atom is 0.223 e. The lowest BCUT2D eigenvalue weighted by molar-refractivity contribution is 0.777. The summed E-state index contributed by atoms with van der Waals surface area (Å²) in [5.74, 6) is 1.02. The molecule has 0 radical (unpaired) electrons. The molecule has 0 bridgehead atoms. The average Bonchev–Trinajstić information content (AvgIpc) is 2.12. The zero-order valence-electron chi connectivity index (χ0n) is 8.50. The van der Waals surface area contributed by atoms with E-state index in [1.807, 2.05) is 0 Å². The third kappa shape index (κ3) is 2.73. The molecule has 14 heavy (non-hydrogen) atoms. The summed E-state index contributed by atoms with van der Waals surface area (Å²) in [6, 6.07) is 1.73. The fourth-order valence-electron chi connectivity index (χ4n) is 1.29. The van der Waals surface area contributed by atoms with E-state index >= 15 is 0 Å². The van der Waals surface area contributed by atoms with Crippen molar-refractivity contribution in [1.29, 1.82) is 0 Å². The zero-order chi connectivity index (χ0) is 10.6. The Morgan fingerprint density at radius 1 is 1.43 bits per heavy atom. The highest BCUT2D eigenvalue weighted by atomic mass is 35.5. The first-order valence-corrected chi connectivity index (χ1v) is 5.10. The minimum Gasteiger partial charge on any atom is -0.368 e. The molecule has 1 rings (SSSR count). The first kappa shape index (κ1) is 11.0. The monoisotopic (exact) mass is 214 g/mol. The van der Waals surface area contributed by atoms with Gasteiger partial charge in [0.1, 0.15) is 11.0 Å². The fraction of sp³-hybridized carbons (Fsp3) is 0.556. The van der Waals surface area contributed by atoms with Gasteiger partial charge in [0, 0.05) is 19.2 Å². The second-order valence-corrected chi connectivity index (χ2v) is 3.37. The Bertz CT molecular complexity index is 283. The van der Waals surface area contributed by atoms with Gasteiger partial charge in [-0.3, -0.25) is 0 Å². The Morgan fingerprint density at radius 2 is 2.14 bits per heavy atom. The fourth-order valence-corrected chi connectivity index (χ4v) is 1.47. The molecule has 0 spiro atoms. The van der Waals surface area contributed by atoms with Gasteiger partial charge in [0.25, 0.3) is 0 Å². The maximum atomic E-state index is 5.79. The Labute approximate surface area is 89.1 Å². The second-order valence-electron chi connectivity index (χ2n) is 2.99. The third-order valence-corrected chi connectivity index (χ3v) is 2.09. The van der Waals surface area contributed by atoms with Crippen LogP contribution in [-0.4, -0.2) is 23.1 Å². The van der Waals surface area contributed by atoms with E-state index in [0.717, 1.165) is 25.3 Å². The molecule has 0 saturated carbocycles. The van der Waals surface area contributed by atoms with Crippen LogP contribution < -0.4 is 10.6 Å². The molecule has 1 aromatic rings. The van der Waals surface area contributed by atoms with Crippen molar-refractivity contribution in [3.8, 4) is 0 Å². The summed E-state index contributed by atoms with van der Waals surface area (Å²) in [6.45, 7) is 6.03. The van der Waals surface area contributed by atoms with E-state index in [1.165, 1.54) is 0 Å². The van der Waals surface area contributed by atoms with Crippen molar-refractivity contribution in [3.63, 3.8) is 0 Å². The molecule has 0 unspecified atom stereocenters. The molecule has 1 aromatic heterocycles. The summed E-state index contributed by atoms with van der Waals surface area (Å²) in [5.41, 5.74) is 5.51. The molecule has 2 N–H and O–H groups in total. The number of aromatic nitrogens is 2. The first-order valence-electron chi connectivity index (χ1n) is 4.72. The van der Waals surface area contributed by atoms with Crippen molar-refractivity contribution in [3.05, 3.63) is 11.2 Å². The van der Waals surface area contributed by atoms with Crippen LogP contribution in [0.15, 0.2) is 6.07 Å². The van der Waals surface area contributed by atoms with Crippen LogP contribution in [0, 0.1) is 0 Å². The number of nitrogens with two attached hydrogens (primary N) is 1. The summed E-state index contributed by atoms with van der Waals surface area (Å²) in [5, 5.41) is 0.391. The van der Waals surface area contributed by atoms with E-state index in [0.29, 0.717) is 5.15 Å². The SMILES string of the molecule is CCCN(CC)c1cc(Cl)nc(N)n1. The van der Waals surface area contributed by atoms with Crippen LogP contribution in [0.1, 0.15) is 20.3 Å². The van der Waals surface area contributed by atoms with Crippen LogP contribution in [0.5, 0.6) is 0 Å². The van der Waals surface area contributed by atoms with Crippen LogP contribution in [-0.2, 0) is 0 Å². The molecule has 1 heterocycles. The van der Waals surface area contributed by atoms with Crippen molar-refractivity contribution in [2.75, 3.05) is 23.7 Å². The molecule has 0 aliphatic carbocycles. The lowest BCUT2D eigenvalue weighted by atomic mass is 10.4. The number of hydrogen-bond donors (Lipinski definition) is 1. The van der Waals surface area contributed by atoms with Gasteiger partial charge >= 0.3 is 0 Å². The van der Waals surface area contributed by atoms with Gasteiger partial charge in [-0.1, -0.05) is 18.5 Å². The van der Waals surface area contributed by atoms with Gasteiger partial charge in [-0.05, 0) is 13.3 Å². The highest BCUT2D eigenvalue weighted by Gasteiger charge is 2.07.